The fourth-order valence-electron chi connectivity index (χ4n) is 2.09. The Kier molecular flexibility index (Phi) is 4.46. The van der Waals surface area contributed by atoms with E-state index in [1.54, 1.807) is 36.4 Å². The molecule has 0 saturated carbocycles. The van der Waals surface area contributed by atoms with Gasteiger partial charge >= 0.3 is 5.97 Å². The van der Waals surface area contributed by atoms with Gasteiger partial charge in [0.1, 0.15) is 11.5 Å². The van der Waals surface area contributed by atoms with E-state index in [2.05, 4.69) is 4.99 Å². The summed E-state index contributed by atoms with van der Waals surface area (Å²) < 4.78 is 10.4. The van der Waals surface area contributed by atoms with E-state index < -0.39 is 11.9 Å². The number of carbonyl (C=O) groups excluding carboxylic acids is 2. The third-order valence-electron chi connectivity index (χ3n) is 3.19. The summed E-state index contributed by atoms with van der Waals surface area (Å²) in [6.07, 6.45) is 1.57. The Hall–Kier alpha value is -2.51. The second kappa shape index (κ2) is 6.54. The van der Waals surface area contributed by atoms with Crippen LogP contribution in [0, 0.1) is 0 Å². The van der Waals surface area contributed by atoms with Crippen LogP contribution in [0.25, 0.3) is 17.4 Å². The summed E-state index contributed by atoms with van der Waals surface area (Å²) in [6, 6.07) is 8.33. The zero-order valence-electron chi connectivity index (χ0n) is 12.4. The van der Waals surface area contributed by atoms with Gasteiger partial charge in [0, 0.05) is 11.6 Å². The smallest absolute Gasteiger partial charge is 0.339 e. The highest BCUT2D eigenvalue weighted by Gasteiger charge is 2.20. The summed E-state index contributed by atoms with van der Waals surface area (Å²) in [4.78, 5) is 27.3. The third kappa shape index (κ3) is 3.22. The van der Waals surface area contributed by atoms with Crippen molar-refractivity contribution in [1.29, 1.82) is 0 Å². The van der Waals surface area contributed by atoms with Gasteiger partial charge in [0.15, 0.2) is 5.17 Å². The molecule has 2 aromatic rings. The summed E-state index contributed by atoms with van der Waals surface area (Å²) in [5.74, 6) is 0.0690. The molecule has 1 aromatic heterocycles. The average Bonchev–Trinajstić information content (AvgIpc) is 3.14. The molecular formula is C16H11ClN2O4S. The van der Waals surface area contributed by atoms with Gasteiger partial charge in [-0.25, -0.2) is 4.79 Å². The number of rotatable bonds is 3. The molecule has 2 N–H and O–H groups in total. The Morgan fingerprint density at radius 3 is 2.83 bits per heavy atom. The highest BCUT2D eigenvalue weighted by Crippen LogP contribution is 2.30. The average molecular weight is 363 g/mol. The molecule has 0 aliphatic carbocycles. The van der Waals surface area contributed by atoms with Crippen LogP contribution in [0.2, 0.25) is 5.02 Å². The Labute approximate surface area is 146 Å². The number of benzene rings is 1. The van der Waals surface area contributed by atoms with Gasteiger partial charge in [0.25, 0.3) is 5.91 Å². The predicted octanol–water partition coefficient (Wildman–Crippen LogP) is 3.32. The van der Waals surface area contributed by atoms with Crippen LogP contribution in [0.15, 0.2) is 44.6 Å². The summed E-state index contributed by atoms with van der Waals surface area (Å²) in [5, 5.41) is 0.499. The van der Waals surface area contributed by atoms with Crippen LogP contribution < -0.4 is 5.73 Å². The van der Waals surface area contributed by atoms with Gasteiger partial charge in [-0.05, 0) is 42.1 Å². The first-order valence-electron chi connectivity index (χ1n) is 6.74. The van der Waals surface area contributed by atoms with Crippen molar-refractivity contribution in [3.8, 4) is 11.3 Å². The molecule has 0 spiro atoms. The van der Waals surface area contributed by atoms with E-state index >= 15 is 0 Å². The number of aliphatic imine (C=N–C) groups is 1. The zero-order valence-corrected chi connectivity index (χ0v) is 14.0. The van der Waals surface area contributed by atoms with Gasteiger partial charge in [-0.15, -0.1) is 0 Å². The predicted molar refractivity (Wildman–Crippen MR) is 92.7 cm³/mol. The number of halogens is 1. The van der Waals surface area contributed by atoms with Crippen molar-refractivity contribution in [3.63, 3.8) is 0 Å². The molecule has 1 aliphatic rings. The van der Waals surface area contributed by atoms with Crippen molar-refractivity contribution in [2.24, 2.45) is 10.7 Å². The fraction of sp³-hybridized carbons (Fsp3) is 0.0625. The lowest BCUT2D eigenvalue weighted by molar-refractivity contribution is -0.113. The lowest BCUT2D eigenvalue weighted by Crippen LogP contribution is -2.02. The number of methoxy groups -OCH3 is 1. The monoisotopic (exact) mass is 362 g/mol. The Morgan fingerprint density at radius 1 is 1.38 bits per heavy atom. The van der Waals surface area contributed by atoms with Gasteiger partial charge in [-0.1, -0.05) is 11.6 Å². The standard InChI is InChI=1S/C16H11ClN2O4S/c1-22-15(21)10-6-8(2-4-11(10)17)12-5-3-9(23-12)7-13-14(20)19-16(18)24-13/h2-7H,1H3,(H2,18,19,20)/b13-7-. The normalized spacial score (nSPS) is 15.7. The molecule has 0 bridgehead atoms. The quantitative estimate of drug-likeness (QED) is 0.664. The van der Waals surface area contributed by atoms with E-state index in [9.17, 15) is 9.59 Å². The van der Waals surface area contributed by atoms with Gasteiger partial charge in [0.05, 0.1) is 22.6 Å². The van der Waals surface area contributed by atoms with E-state index in [0.717, 1.165) is 11.8 Å². The number of furan rings is 1. The highest BCUT2D eigenvalue weighted by molar-refractivity contribution is 8.18. The maximum Gasteiger partial charge on any atom is 0.339 e. The number of nitrogens with zero attached hydrogens (tertiary/aromatic N) is 1. The zero-order chi connectivity index (χ0) is 17.3. The number of hydrogen-bond acceptors (Lipinski definition) is 6. The lowest BCUT2D eigenvalue weighted by Gasteiger charge is -2.04. The molecule has 2 heterocycles. The number of carbonyl (C=O) groups is 2. The SMILES string of the molecule is COC(=O)c1cc(-c2ccc(/C=C3\SC(N)=NC3=O)o2)ccc1Cl. The van der Waals surface area contributed by atoms with Gasteiger partial charge in [-0.2, -0.15) is 4.99 Å². The van der Waals surface area contributed by atoms with Crippen molar-refractivity contribution >= 4 is 46.5 Å². The van der Waals surface area contributed by atoms with Crippen LogP contribution in [0.1, 0.15) is 16.1 Å². The van der Waals surface area contributed by atoms with E-state index in [1.807, 2.05) is 0 Å². The molecule has 1 aromatic carbocycles. The molecule has 3 rings (SSSR count). The van der Waals surface area contributed by atoms with Crippen molar-refractivity contribution in [3.05, 3.63) is 51.6 Å². The topological polar surface area (TPSA) is 94.9 Å². The molecule has 0 radical (unpaired) electrons. The van der Waals surface area contributed by atoms with Crippen molar-refractivity contribution < 1.29 is 18.7 Å². The molecule has 1 aliphatic heterocycles. The largest absolute Gasteiger partial charge is 0.465 e. The second-order valence-electron chi connectivity index (χ2n) is 4.75. The molecule has 0 saturated heterocycles. The number of nitrogens with two attached hydrogens (primary N) is 1. The molecular weight excluding hydrogens is 352 g/mol. The van der Waals surface area contributed by atoms with E-state index in [1.165, 1.54) is 7.11 Å². The maximum absolute atomic E-state index is 11.7. The first-order valence-corrected chi connectivity index (χ1v) is 7.93. The Balaban J connectivity index is 1.90. The molecule has 0 atom stereocenters. The number of hydrogen-bond donors (Lipinski definition) is 1. The molecule has 0 unspecified atom stereocenters. The minimum atomic E-state index is -0.531. The van der Waals surface area contributed by atoms with E-state index in [0.29, 0.717) is 27.0 Å². The first kappa shape index (κ1) is 16.4. The fourth-order valence-corrected chi connectivity index (χ4v) is 2.94. The number of amides is 1. The molecule has 1 amide bonds. The van der Waals surface area contributed by atoms with Gasteiger partial charge in [-0.3, -0.25) is 4.79 Å². The Morgan fingerprint density at radius 2 is 2.17 bits per heavy atom. The summed E-state index contributed by atoms with van der Waals surface area (Å²) in [7, 11) is 1.28. The van der Waals surface area contributed by atoms with Crippen molar-refractivity contribution in [2.75, 3.05) is 7.11 Å². The lowest BCUT2D eigenvalue weighted by atomic mass is 10.1. The number of ether oxygens (including phenoxy) is 1. The van der Waals surface area contributed by atoms with Crippen LogP contribution >= 0.6 is 23.4 Å². The second-order valence-corrected chi connectivity index (χ2v) is 6.22. The van der Waals surface area contributed by atoms with Crippen LogP contribution in [0.4, 0.5) is 0 Å². The van der Waals surface area contributed by atoms with E-state index in [-0.39, 0.29) is 10.7 Å². The Bertz CT molecular complexity index is 901. The molecule has 6 nitrogen and oxygen atoms in total. The van der Waals surface area contributed by atoms with Crippen molar-refractivity contribution in [1.82, 2.24) is 0 Å². The maximum atomic E-state index is 11.7. The number of esters is 1. The molecule has 8 heteroatoms. The third-order valence-corrected chi connectivity index (χ3v) is 4.34. The molecule has 24 heavy (non-hydrogen) atoms. The molecule has 122 valence electrons. The summed E-state index contributed by atoms with van der Waals surface area (Å²) in [5.41, 5.74) is 6.41. The van der Waals surface area contributed by atoms with Crippen LogP contribution in [0.3, 0.4) is 0 Å². The molecule has 0 fully saturated rings. The number of thioether (sulfide) groups is 1. The van der Waals surface area contributed by atoms with Crippen LogP contribution in [-0.2, 0) is 9.53 Å². The van der Waals surface area contributed by atoms with Gasteiger partial charge in [0.2, 0.25) is 0 Å². The summed E-state index contributed by atoms with van der Waals surface area (Å²) in [6.45, 7) is 0. The van der Waals surface area contributed by atoms with Crippen molar-refractivity contribution in [2.45, 2.75) is 0 Å². The first-order chi connectivity index (χ1) is 11.5. The minimum absolute atomic E-state index is 0.207. The van der Waals surface area contributed by atoms with E-state index in [4.69, 9.17) is 26.5 Å². The summed E-state index contributed by atoms with van der Waals surface area (Å²) >= 11 is 7.09. The van der Waals surface area contributed by atoms with Gasteiger partial charge < -0.3 is 14.9 Å². The van der Waals surface area contributed by atoms with Crippen LogP contribution in [-0.4, -0.2) is 24.2 Å². The minimum Gasteiger partial charge on any atom is -0.465 e. The number of amidine groups is 1. The highest BCUT2D eigenvalue weighted by atomic mass is 35.5. The van der Waals surface area contributed by atoms with Crippen LogP contribution in [0.5, 0.6) is 0 Å².